The van der Waals surface area contributed by atoms with Crippen LogP contribution in [-0.2, 0) is 9.53 Å². The van der Waals surface area contributed by atoms with Crippen molar-refractivity contribution in [2.45, 2.75) is 75.5 Å². The van der Waals surface area contributed by atoms with E-state index in [0.29, 0.717) is 18.3 Å². The Morgan fingerprint density at radius 2 is 1.78 bits per heavy atom. The fourth-order valence-electron chi connectivity index (χ4n) is 5.50. The van der Waals surface area contributed by atoms with Gasteiger partial charge in [-0.3, -0.25) is 9.69 Å². The Kier molecular flexibility index (Phi) is 6.81. The molecule has 4 aliphatic rings. The van der Waals surface area contributed by atoms with E-state index in [1.165, 1.54) is 24.8 Å². The van der Waals surface area contributed by atoms with Gasteiger partial charge >= 0.3 is 0 Å². The highest BCUT2D eigenvalue weighted by atomic mass is 16.5. The topological polar surface area (TPSA) is 62.2 Å². The number of amides is 1. The maximum absolute atomic E-state index is 12.9. The van der Waals surface area contributed by atoms with E-state index in [0.717, 1.165) is 63.5 Å². The van der Waals surface area contributed by atoms with Gasteiger partial charge in [-0.2, -0.15) is 0 Å². The van der Waals surface area contributed by atoms with Crippen LogP contribution in [-0.4, -0.2) is 71.8 Å². The summed E-state index contributed by atoms with van der Waals surface area (Å²) >= 11 is 0. The van der Waals surface area contributed by atoms with Crippen LogP contribution in [0.1, 0.15) is 62.8 Å². The summed E-state index contributed by atoms with van der Waals surface area (Å²) in [4.78, 5) is 17.3. The number of likely N-dealkylation sites (tertiary alicyclic amines) is 1. The van der Waals surface area contributed by atoms with Gasteiger partial charge in [0, 0.05) is 25.2 Å². The minimum atomic E-state index is 0.0183. The van der Waals surface area contributed by atoms with E-state index in [4.69, 9.17) is 9.47 Å². The molecule has 2 heterocycles. The van der Waals surface area contributed by atoms with E-state index in [-0.39, 0.29) is 24.7 Å². The molecule has 1 saturated heterocycles. The number of rotatable bonds is 9. The van der Waals surface area contributed by atoms with E-state index in [2.05, 4.69) is 17.0 Å². The first-order chi connectivity index (χ1) is 15.7. The lowest BCUT2D eigenvalue weighted by molar-refractivity contribution is -0.130. The van der Waals surface area contributed by atoms with Gasteiger partial charge in [-0.05, 0) is 87.6 Å². The van der Waals surface area contributed by atoms with Gasteiger partial charge in [0.05, 0.1) is 19.3 Å². The molecule has 32 heavy (non-hydrogen) atoms. The third kappa shape index (κ3) is 5.03. The molecule has 0 spiro atoms. The Hall–Kier alpha value is -1.89. The highest BCUT2D eigenvalue weighted by molar-refractivity contribution is 5.94. The maximum atomic E-state index is 12.9. The number of carbonyl (C=O) groups excluding carboxylic acids is 1. The summed E-state index contributed by atoms with van der Waals surface area (Å²) in [5, 5.41) is 9.45. The van der Waals surface area contributed by atoms with E-state index in [1.54, 1.807) is 0 Å². The lowest BCUT2D eigenvalue weighted by atomic mass is 9.92. The van der Waals surface area contributed by atoms with E-state index < -0.39 is 0 Å². The standard InChI is InChI=1S/C26H36N2O4/c29-18-22-2-1-14-27(22)16-17-31-23-11-7-21(8-12-23)28-15-13-25(26(28)30)32-24-9-5-20(6-10-24)19-3-4-19/h5-6,9-10,13,19,21-23,29H,1-4,7-8,11-12,14-18H2/t21-,22-,23-/m0/s1. The summed E-state index contributed by atoms with van der Waals surface area (Å²) in [5.74, 6) is 1.95. The number of benzene rings is 1. The second-order valence-corrected chi connectivity index (χ2v) is 9.79. The Morgan fingerprint density at radius 3 is 2.50 bits per heavy atom. The lowest BCUT2D eigenvalue weighted by Gasteiger charge is -2.35. The van der Waals surface area contributed by atoms with Crippen LogP contribution in [0.3, 0.4) is 0 Å². The largest absolute Gasteiger partial charge is 0.452 e. The van der Waals surface area contributed by atoms with Crippen LogP contribution < -0.4 is 4.74 Å². The quantitative estimate of drug-likeness (QED) is 0.637. The van der Waals surface area contributed by atoms with Crippen LogP contribution in [0.2, 0.25) is 0 Å². The van der Waals surface area contributed by atoms with Gasteiger partial charge in [0.15, 0.2) is 5.76 Å². The number of aliphatic hydroxyl groups is 1. The Balaban J connectivity index is 1.04. The van der Waals surface area contributed by atoms with Gasteiger partial charge in [0.1, 0.15) is 5.75 Å². The average Bonchev–Trinajstić information content (AvgIpc) is 3.48. The van der Waals surface area contributed by atoms with E-state index in [1.807, 2.05) is 23.1 Å². The highest BCUT2D eigenvalue weighted by Gasteiger charge is 2.34. The molecule has 1 atom stereocenters. The van der Waals surface area contributed by atoms with Crippen LogP contribution in [0.25, 0.3) is 0 Å². The van der Waals surface area contributed by atoms with Crippen LogP contribution in [0, 0.1) is 0 Å². The molecule has 1 aromatic carbocycles. The zero-order chi connectivity index (χ0) is 21.9. The minimum absolute atomic E-state index is 0.0183. The zero-order valence-corrected chi connectivity index (χ0v) is 19.0. The second kappa shape index (κ2) is 9.94. The Morgan fingerprint density at radius 1 is 1.00 bits per heavy atom. The molecular formula is C26H36N2O4. The number of ether oxygens (including phenoxy) is 2. The van der Waals surface area contributed by atoms with Crippen molar-refractivity contribution in [2.24, 2.45) is 0 Å². The van der Waals surface area contributed by atoms with Gasteiger partial charge in [0.2, 0.25) is 0 Å². The summed E-state index contributed by atoms with van der Waals surface area (Å²) in [5.41, 5.74) is 1.37. The third-order valence-corrected chi connectivity index (χ3v) is 7.63. The molecule has 5 rings (SSSR count). The summed E-state index contributed by atoms with van der Waals surface area (Å²) < 4.78 is 12.1. The molecule has 2 aliphatic carbocycles. The molecule has 0 unspecified atom stereocenters. The van der Waals surface area contributed by atoms with Gasteiger partial charge in [-0.15, -0.1) is 0 Å². The van der Waals surface area contributed by atoms with Crippen molar-refractivity contribution in [2.75, 3.05) is 32.8 Å². The van der Waals surface area contributed by atoms with Crippen molar-refractivity contribution in [1.29, 1.82) is 0 Å². The van der Waals surface area contributed by atoms with Crippen molar-refractivity contribution in [3.8, 4) is 5.75 Å². The van der Waals surface area contributed by atoms with Crippen molar-refractivity contribution < 1.29 is 19.4 Å². The molecule has 3 fully saturated rings. The molecule has 1 amide bonds. The van der Waals surface area contributed by atoms with Gasteiger partial charge in [-0.1, -0.05) is 12.1 Å². The molecule has 6 nitrogen and oxygen atoms in total. The molecule has 1 aromatic rings. The Bertz CT molecular complexity index is 812. The first-order valence-electron chi connectivity index (χ1n) is 12.5. The van der Waals surface area contributed by atoms with E-state index >= 15 is 0 Å². The summed E-state index contributed by atoms with van der Waals surface area (Å²) in [6.45, 7) is 3.60. The van der Waals surface area contributed by atoms with E-state index in [9.17, 15) is 9.90 Å². The zero-order valence-electron chi connectivity index (χ0n) is 19.0. The fourth-order valence-corrected chi connectivity index (χ4v) is 5.50. The van der Waals surface area contributed by atoms with Crippen molar-refractivity contribution in [3.63, 3.8) is 0 Å². The molecule has 2 saturated carbocycles. The SMILES string of the molecule is O=C1C(Oc2ccc(C3CC3)cc2)=CCN1[C@H]1CC[C@H](OCCN2CCC[C@H]2CO)CC1. The highest BCUT2D eigenvalue weighted by Crippen LogP contribution is 2.40. The number of nitrogens with zero attached hydrogens (tertiary/aromatic N) is 2. The van der Waals surface area contributed by atoms with Crippen LogP contribution >= 0.6 is 0 Å². The molecule has 0 bridgehead atoms. The average molecular weight is 441 g/mol. The lowest BCUT2D eigenvalue weighted by Crippen LogP contribution is -2.42. The number of aliphatic hydroxyl groups excluding tert-OH is 1. The molecule has 6 heteroatoms. The number of hydrogen-bond acceptors (Lipinski definition) is 5. The molecule has 0 aromatic heterocycles. The fraction of sp³-hybridized carbons (Fsp3) is 0.654. The third-order valence-electron chi connectivity index (χ3n) is 7.63. The second-order valence-electron chi connectivity index (χ2n) is 9.79. The van der Waals surface area contributed by atoms with Crippen LogP contribution in [0.4, 0.5) is 0 Å². The predicted molar refractivity (Wildman–Crippen MR) is 123 cm³/mol. The smallest absolute Gasteiger partial charge is 0.289 e. The van der Waals surface area contributed by atoms with Crippen molar-refractivity contribution in [3.05, 3.63) is 41.7 Å². The molecule has 174 valence electrons. The summed E-state index contributed by atoms with van der Waals surface area (Å²) in [6, 6.07) is 8.81. The number of hydrogen-bond donors (Lipinski definition) is 1. The first kappa shape index (κ1) is 21.9. The molecule has 1 N–H and O–H groups in total. The van der Waals surface area contributed by atoms with Crippen molar-refractivity contribution in [1.82, 2.24) is 9.80 Å². The number of carbonyl (C=O) groups is 1. The Labute approximate surface area is 191 Å². The minimum Gasteiger partial charge on any atom is -0.452 e. The normalized spacial score (nSPS) is 28.9. The van der Waals surface area contributed by atoms with Crippen LogP contribution in [0.15, 0.2) is 36.1 Å². The molecule has 0 radical (unpaired) electrons. The molecule has 2 aliphatic heterocycles. The summed E-state index contributed by atoms with van der Waals surface area (Å²) in [7, 11) is 0. The van der Waals surface area contributed by atoms with Gasteiger partial charge in [-0.25, -0.2) is 0 Å². The van der Waals surface area contributed by atoms with Crippen LogP contribution in [0.5, 0.6) is 5.75 Å². The van der Waals surface area contributed by atoms with Gasteiger partial charge < -0.3 is 19.5 Å². The summed E-state index contributed by atoms with van der Waals surface area (Å²) in [6.07, 6.45) is 11.0. The van der Waals surface area contributed by atoms with Crippen molar-refractivity contribution >= 4 is 5.91 Å². The first-order valence-corrected chi connectivity index (χ1v) is 12.5. The predicted octanol–water partition coefficient (Wildman–Crippen LogP) is 3.45. The van der Waals surface area contributed by atoms with Gasteiger partial charge in [0.25, 0.3) is 5.91 Å². The molecular weight excluding hydrogens is 404 g/mol. The monoisotopic (exact) mass is 440 g/mol. The maximum Gasteiger partial charge on any atom is 0.289 e.